The molecule has 1 N–H and O–H groups in total. The lowest BCUT2D eigenvalue weighted by Crippen LogP contribution is -2.30. The molecule has 3 unspecified atom stereocenters. The largest absolute Gasteiger partial charge is 0.313 e. The highest BCUT2D eigenvalue weighted by Crippen LogP contribution is 2.29. The van der Waals surface area contributed by atoms with Gasteiger partial charge in [0.2, 0.25) is 0 Å². The van der Waals surface area contributed by atoms with E-state index in [0.717, 1.165) is 17.8 Å². The Hall–Kier alpha value is -0.470. The van der Waals surface area contributed by atoms with Crippen molar-refractivity contribution in [2.45, 2.75) is 50.3 Å². The van der Waals surface area contributed by atoms with Crippen LogP contribution in [0.25, 0.3) is 0 Å². The summed E-state index contributed by atoms with van der Waals surface area (Å²) in [5.74, 6) is 1.88. The zero-order valence-electron chi connectivity index (χ0n) is 11.6. The molecule has 0 spiro atoms. The van der Waals surface area contributed by atoms with Crippen LogP contribution in [-0.4, -0.2) is 23.6 Å². The topological polar surface area (TPSA) is 12.0 Å². The van der Waals surface area contributed by atoms with Crippen LogP contribution in [0, 0.1) is 0 Å². The molecule has 0 heterocycles. The first-order chi connectivity index (χ1) is 8.79. The zero-order valence-corrected chi connectivity index (χ0v) is 12.4. The van der Waals surface area contributed by atoms with Crippen molar-refractivity contribution in [1.82, 2.24) is 5.32 Å². The summed E-state index contributed by atoms with van der Waals surface area (Å²) in [6.07, 6.45) is 4.12. The number of hydrogen-bond donors (Lipinski definition) is 1. The van der Waals surface area contributed by atoms with Crippen molar-refractivity contribution < 1.29 is 0 Å². The Morgan fingerprint density at radius 1 is 1.28 bits per heavy atom. The van der Waals surface area contributed by atoms with Crippen molar-refractivity contribution in [3.8, 4) is 0 Å². The molecule has 1 aromatic rings. The van der Waals surface area contributed by atoms with Crippen LogP contribution < -0.4 is 5.32 Å². The third kappa shape index (κ3) is 4.03. The predicted octanol–water partition coefficient (Wildman–Crippen LogP) is 4.05. The van der Waals surface area contributed by atoms with Crippen LogP contribution in [0.2, 0.25) is 0 Å². The molecule has 0 bridgehead atoms. The minimum atomic E-state index is 0.615. The van der Waals surface area contributed by atoms with E-state index in [4.69, 9.17) is 0 Å². The molecule has 1 aliphatic rings. The van der Waals surface area contributed by atoms with Crippen LogP contribution in [0.4, 0.5) is 0 Å². The number of hydrogen-bond acceptors (Lipinski definition) is 2. The van der Waals surface area contributed by atoms with E-state index in [1.54, 1.807) is 0 Å². The molecule has 18 heavy (non-hydrogen) atoms. The minimum Gasteiger partial charge on any atom is -0.313 e. The molecule has 100 valence electrons. The van der Waals surface area contributed by atoms with Gasteiger partial charge in [0.25, 0.3) is 0 Å². The van der Waals surface area contributed by atoms with Crippen molar-refractivity contribution in [1.29, 1.82) is 0 Å². The molecular weight excluding hydrogens is 238 g/mol. The Balaban J connectivity index is 1.72. The van der Waals surface area contributed by atoms with Crippen LogP contribution in [0.15, 0.2) is 30.3 Å². The lowest BCUT2D eigenvalue weighted by molar-refractivity contribution is 0.500. The Labute approximate surface area is 116 Å². The number of nitrogens with one attached hydrogen (secondary N) is 1. The number of benzene rings is 1. The molecule has 0 amide bonds. The van der Waals surface area contributed by atoms with Crippen molar-refractivity contribution >= 4 is 11.8 Å². The summed E-state index contributed by atoms with van der Waals surface area (Å²) in [7, 11) is 0. The quantitative estimate of drug-likeness (QED) is 0.831. The second kappa shape index (κ2) is 7.20. The smallest absolute Gasteiger partial charge is 0.00782 e. The molecule has 1 aromatic carbocycles. The van der Waals surface area contributed by atoms with Crippen LogP contribution in [-0.2, 0) is 0 Å². The molecule has 0 aliphatic heterocycles. The maximum absolute atomic E-state index is 3.75. The maximum atomic E-state index is 3.75. The van der Waals surface area contributed by atoms with Gasteiger partial charge >= 0.3 is 0 Å². The van der Waals surface area contributed by atoms with Gasteiger partial charge in [-0.3, -0.25) is 0 Å². The lowest BCUT2D eigenvalue weighted by atomic mass is 10.0. The van der Waals surface area contributed by atoms with Crippen molar-refractivity contribution in [3.63, 3.8) is 0 Å². The zero-order chi connectivity index (χ0) is 12.8. The van der Waals surface area contributed by atoms with Gasteiger partial charge in [0.1, 0.15) is 0 Å². The highest BCUT2D eigenvalue weighted by molar-refractivity contribution is 7.99. The van der Waals surface area contributed by atoms with Crippen LogP contribution >= 0.6 is 11.8 Å². The van der Waals surface area contributed by atoms with Crippen molar-refractivity contribution in [2.24, 2.45) is 0 Å². The van der Waals surface area contributed by atoms with E-state index in [2.05, 4.69) is 61.3 Å². The van der Waals surface area contributed by atoms with E-state index < -0.39 is 0 Å². The van der Waals surface area contributed by atoms with Gasteiger partial charge in [-0.2, -0.15) is 11.8 Å². The van der Waals surface area contributed by atoms with Crippen LogP contribution in [0.3, 0.4) is 0 Å². The van der Waals surface area contributed by atoms with E-state index >= 15 is 0 Å². The second-order valence-corrected chi connectivity index (χ2v) is 6.88. The monoisotopic (exact) mass is 263 g/mol. The summed E-state index contributed by atoms with van der Waals surface area (Å²) in [6.45, 7) is 5.69. The molecule has 1 aliphatic carbocycles. The van der Waals surface area contributed by atoms with E-state index in [0.29, 0.717) is 5.92 Å². The highest BCUT2D eigenvalue weighted by atomic mass is 32.2. The van der Waals surface area contributed by atoms with Gasteiger partial charge in [0.05, 0.1) is 0 Å². The third-order valence-electron chi connectivity index (χ3n) is 3.87. The maximum Gasteiger partial charge on any atom is 0.00782 e. The van der Waals surface area contributed by atoms with Crippen LogP contribution in [0.5, 0.6) is 0 Å². The first kappa shape index (κ1) is 14.0. The van der Waals surface area contributed by atoms with Crippen LogP contribution in [0.1, 0.15) is 44.6 Å². The molecule has 0 aromatic heterocycles. The predicted molar refractivity (Wildman–Crippen MR) is 82.4 cm³/mol. The molecule has 0 saturated heterocycles. The van der Waals surface area contributed by atoms with Gasteiger partial charge < -0.3 is 5.32 Å². The fourth-order valence-electron chi connectivity index (χ4n) is 2.76. The first-order valence-corrected chi connectivity index (χ1v) is 8.24. The SMILES string of the molecule is CCSC1CCC(NCC(C)c2ccccc2)C1. The van der Waals surface area contributed by atoms with Gasteiger partial charge in [-0.05, 0) is 36.5 Å². The molecule has 2 rings (SSSR count). The fraction of sp³-hybridized carbons (Fsp3) is 0.625. The molecule has 1 fully saturated rings. The second-order valence-electron chi connectivity index (χ2n) is 5.31. The summed E-state index contributed by atoms with van der Waals surface area (Å²) in [6, 6.07) is 11.6. The minimum absolute atomic E-state index is 0.615. The summed E-state index contributed by atoms with van der Waals surface area (Å²) < 4.78 is 0. The Morgan fingerprint density at radius 3 is 2.78 bits per heavy atom. The number of rotatable bonds is 6. The Kier molecular flexibility index (Phi) is 5.58. The van der Waals surface area contributed by atoms with Gasteiger partial charge in [-0.25, -0.2) is 0 Å². The van der Waals surface area contributed by atoms with E-state index in [1.807, 2.05) is 0 Å². The Bertz CT molecular complexity index is 338. The molecule has 1 nitrogen and oxygen atoms in total. The average Bonchev–Trinajstić information content (AvgIpc) is 2.85. The third-order valence-corrected chi connectivity index (χ3v) is 5.10. The molecule has 0 radical (unpaired) electrons. The average molecular weight is 263 g/mol. The summed E-state index contributed by atoms with van der Waals surface area (Å²) in [5, 5.41) is 4.66. The first-order valence-electron chi connectivity index (χ1n) is 7.19. The van der Waals surface area contributed by atoms with E-state index in [1.165, 1.54) is 30.6 Å². The summed E-state index contributed by atoms with van der Waals surface area (Å²) in [5.41, 5.74) is 1.45. The van der Waals surface area contributed by atoms with Gasteiger partial charge in [0, 0.05) is 17.8 Å². The van der Waals surface area contributed by atoms with Crippen molar-refractivity contribution in [3.05, 3.63) is 35.9 Å². The normalized spacial score (nSPS) is 25.2. The molecular formula is C16H25NS. The molecule has 2 heteroatoms. The van der Waals surface area contributed by atoms with E-state index in [9.17, 15) is 0 Å². The van der Waals surface area contributed by atoms with Crippen molar-refractivity contribution in [2.75, 3.05) is 12.3 Å². The van der Waals surface area contributed by atoms with Gasteiger partial charge in [-0.1, -0.05) is 44.2 Å². The highest BCUT2D eigenvalue weighted by Gasteiger charge is 2.24. The van der Waals surface area contributed by atoms with Gasteiger partial charge in [0.15, 0.2) is 0 Å². The number of thioether (sulfide) groups is 1. The summed E-state index contributed by atoms with van der Waals surface area (Å²) >= 11 is 2.13. The molecule has 3 atom stereocenters. The summed E-state index contributed by atoms with van der Waals surface area (Å²) in [4.78, 5) is 0. The molecule has 1 saturated carbocycles. The fourth-order valence-corrected chi connectivity index (χ4v) is 3.90. The lowest BCUT2D eigenvalue weighted by Gasteiger charge is -2.17. The van der Waals surface area contributed by atoms with Gasteiger partial charge in [-0.15, -0.1) is 0 Å². The van der Waals surface area contributed by atoms with E-state index in [-0.39, 0.29) is 0 Å². The standard InChI is InChI=1S/C16H25NS/c1-3-18-16-10-9-15(11-16)17-12-13(2)14-7-5-4-6-8-14/h4-8,13,15-17H,3,9-12H2,1-2H3. The Morgan fingerprint density at radius 2 is 2.06 bits per heavy atom.